The van der Waals surface area contributed by atoms with Crippen LogP contribution in [0.25, 0.3) is 10.8 Å². The monoisotopic (exact) mass is 365 g/mol. The number of hydrogen-bond acceptors (Lipinski definition) is 4. The largest absolute Gasteiger partial charge is 0.352 e. The minimum atomic E-state index is 0.0471. The number of nitrogens with zero attached hydrogens (tertiary/aromatic N) is 2. The third-order valence-corrected chi connectivity index (χ3v) is 5.04. The summed E-state index contributed by atoms with van der Waals surface area (Å²) < 4.78 is 0. The third-order valence-electron chi connectivity index (χ3n) is 4.49. The third kappa shape index (κ3) is 4.41. The van der Waals surface area contributed by atoms with Crippen molar-refractivity contribution in [3.63, 3.8) is 0 Å². The van der Waals surface area contributed by atoms with Crippen LogP contribution in [0.2, 0.25) is 0 Å². The van der Waals surface area contributed by atoms with E-state index in [-0.39, 0.29) is 5.91 Å². The van der Waals surface area contributed by atoms with Crippen LogP contribution >= 0.6 is 11.8 Å². The Labute approximate surface area is 158 Å². The van der Waals surface area contributed by atoms with E-state index in [0.717, 1.165) is 27.7 Å². The van der Waals surface area contributed by atoms with E-state index in [4.69, 9.17) is 0 Å². The van der Waals surface area contributed by atoms with Crippen LogP contribution < -0.4 is 5.32 Å². The molecule has 0 spiro atoms. The molecule has 0 saturated carbocycles. The van der Waals surface area contributed by atoms with Crippen LogP contribution in [0.4, 0.5) is 0 Å². The van der Waals surface area contributed by atoms with Crippen molar-refractivity contribution in [2.24, 2.45) is 0 Å². The van der Waals surface area contributed by atoms with Gasteiger partial charge in [-0.3, -0.25) is 4.79 Å². The fraction of sp³-hybridized carbons (Fsp3) is 0.286. The number of aryl methyl sites for hydroxylation is 2. The van der Waals surface area contributed by atoms with Crippen LogP contribution in [0.5, 0.6) is 0 Å². The van der Waals surface area contributed by atoms with Gasteiger partial charge >= 0.3 is 0 Å². The van der Waals surface area contributed by atoms with Gasteiger partial charge in [0.1, 0.15) is 0 Å². The van der Waals surface area contributed by atoms with E-state index >= 15 is 0 Å². The molecular formula is C21H23N3OS. The van der Waals surface area contributed by atoms with Crippen LogP contribution in [0.1, 0.15) is 28.9 Å². The van der Waals surface area contributed by atoms with Crippen molar-refractivity contribution in [1.29, 1.82) is 0 Å². The summed E-state index contributed by atoms with van der Waals surface area (Å²) in [5.41, 5.74) is 4.11. The van der Waals surface area contributed by atoms with Crippen molar-refractivity contribution in [3.8, 4) is 0 Å². The maximum Gasteiger partial charge on any atom is 0.220 e. The zero-order valence-corrected chi connectivity index (χ0v) is 16.2. The molecule has 5 heteroatoms. The van der Waals surface area contributed by atoms with E-state index < -0.39 is 0 Å². The molecule has 0 bridgehead atoms. The molecule has 0 atom stereocenters. The average molecular weight is 366 g/mol. The number of hydrogen-bond donors (Lipinski definition) is 1. The fourth-order valence-electron chi connectivity index (χ4n) is 3.04. The molecule has 3 aromatic rings. The van der Waals surface area contributed by atoms with Gasteiger partial charge in [-0.1, -0.05) is 48.2 Å². The predicted octanol–water partition coefficient (Wildman–Crippen LogP) is 4.22. The second-order valence-electron chi connectivity index (χ2n) is 6.32. The van der Waals surface area contributed by atoms with E-state index in [2.05, 4.69) is 45.6 Å². The van der Waals surface area contributed by atoms with E-state index in [1.54, 1.807) is 0 Å². The molecule has 0 radical (unpaired) electrons. The molecule has 26 heavy (non-hydrogen) atoms. The number of fused-ring (bicyclic) bond motifs is 1. The lowest BCUT2D eigenvalue weighted by atomic mass is 10.1. The van der Waals surface area contributed by atoms with Gasteiger partial charge in [0.25, 0.3) is 0 Å². The number of thioether (sulfide) groups is 1. The van der Waals surface area contributed by atoms with E-state index in [1.165, 1.54) is 22.5 Å². The molecular weight excluding hydrogens is 342 g/mol. The summed E-state index contributed by atoms with van der Waals surface area (Å²) in [5, 5.41) is 6.20. The summed E-state index contributed by atoms with van der Waals surface area (Å²) in [7, 11) is 0. The van der Waals surface area contributed by atoms with Gasteiger partial charge in [-0.2, -0.15) is 0 Å². The van der Waals surface area contributed by atoms with Crippen molar-refractivity contribution in [1.82, 2.24) is 15.3 Å². The maximum absolute atomic E-state index is 12.2. The predicted molar refractivity (Wildman–Crippen MR) is 107 cm³/mol. The second-order valence-corrected chi connectivity index (χ2v) is 7.09. The summed E-state index contributed by atoms with van der Waals surface area (Å²) in [4.78, 5) is 21.2. The molecule has 3 rings (SSSR count). The Hall–Kier alpha value is -2.40. The summed E-state index contributed by atoms with van der Waals surface area (Å²) in [6, 6.07) is 14.5. The lowest BCUT2D eigenvalue weighted by Crippen LogP contribution is -2.23. The smallest absolute Gasteiger partial charge is 0.220 e. The second kappa shape index (κ2) is 8.32. The van der Waals surface area contributed by atoms with Crippen molar-refractivity contribution in [3.05, 3.63) is 65.0 Å². The topological polar surface area (TPSA) is 54.9 Å². The van der Waals surface area contributed by atoms with Gasteiger partial charge in [0.2, 0.25) is 5.91 Å². The fourth-order valence-corrected chi connectivity index (χ4v) is 3.49. The zero-order chi connectivity index (χ0) is 18.5. The summed E-state index contributed by atoms with van der Waals surface area (Å²) in [6.07, 6.45) is 3.07. The Morgan fingerprint density at radius 2 is 1.73 bits per heavy atom. The van der Waals surface area contributed by atoms with Gasteiger partial charge in [-0.25, -0.2) is 9.97 Å². The first kappa shape index (κ1) is 18.4. The summed E-state index contributed by atoms with van der Waals surface area (Å²) in [6.45, 7) is 4.51. The lowest BCUT2D eigenvalue weighted by Gasteiger charge is -2.10. The van der Waals surface area contributed by atoms with Crippen molar-refractivity contribution in [2.75, 3.05) is 6.26 Å². The van der Waals surface area contributed by atoms with Gasteiger partial charge in [0.05, 0.1) is 0 Å². The lowest BCUT2D eigenvalue weighted by molar-refractivity contribution is -0.121. The molecule has 2 aromatic carbocycles. The molecule has 1 amide bonds. The van der Waals surface area contributed by atoms with Gasteiger partial charge in [-0.05, 0) is 54.5 Å². The molecule has 0 saturated heterocycles. The normalized spacial score (nSPS) is 10.9. The molecule has 0 aliphatic carbocycles. The highest BCUT2D eigenvalue weighted by Gasteiger charge is 2.10. The Bertz CT molecular complexity index is 916. The maximum atomic E-state index is 12.2. The number of amides is 1. The van der Waals surface area contributed by atoms with Crippen LogP contribution in [-0.2, 0) is 17.8 Å². The van der Waals surface area contributed by atoms with Crippen molar-refractivity contribution in [2.45, 2.75) is 38.4 Å². The molecule has 0 aliphatic rings. The molecule has 0 aliphatic heterocycles. The molecule has 4 nitrogen and oxygen atoms in total. The number of rotatable bonds is 6. The zero-order valence-electron chi connectivity index (χ0n) is 15.4. The van der Waals surface area contributed by atoms with E-state index in [9.17, 15) is 4.79 Å². The van der Waals surface area contributed by atoms with E-state index in [1.807, 2.05) is 32.2 Å². The molecule has 0 unspecified atom stereocenters. The first-order valence-electron chi connectivity index (χ1n) is 8.69. The Morgan fingerprint density at radius 3 is 2.42 bits per heavy atom. The SMILES string of the molecule is CSc1nc(C)c(CCC(=O)NCc2ccc3ccccc3c2)c(C)n1. The highest BCUT2D eigenvalue weighted by molar-refractivity contribution is 7.98. The van der Waals surface area contributed by atoms with Crippen LogP contribution in [0, 0.1) is 13.8 Å². The first-order chi connectivity index (χ1) is 12.6. The molecule has 1 N–H and O–H groups in total. The van der Waals surface area contributed by atoms with Crippen LogP contribution in [-0.4, -0.2) is 22.1 Å². The van der Waals surface area contributed by atoms with Crippen molar-refractivity contribution < 1.29 is 4.79 Å². The number of carbonyl (C=O) groups is 1. The van der Waals surface area contributed by atoms with Gasteiger partial charge in [-0.15, -0.1) is 0 Å². The van der Waals surface area contributed by atoms with Gasteiger partial charge in [0.15, 0.2) is 5.16 Å². The number of benzene rings is 2. The summed E-state index contributed by atoms with van der Waals surface area (Å²) >= 11 is 1.54. The van der Waals surface area contributed by atoms with Crippen LogP contribution in [0.3, 0.4) is 0 Å². The van der Waals surface area contributed by atoms with Gasteiger partial charge in [0, 0.05) is 24.4 Å². The number of nitrogens with one attached hydrogen (secondary N) is 1. The van der Waals surface area contributed by atoms with Gasteiger partial charge < -0.3 is 5.32 Å². The molecule has 0 fully saturated rings. The first-order valence-corrected chi connectivity index (χ1v) is 9.92. The Morgan fingerprint density at radius 1 is 1.04 bits per heavy atom. The minimum Gasteiger partial charge on any atom is -0.352 e. The average Bonchev–Trinajstić information content (AvgIpc) is 2.65. The quantitative estimate of drug-likeness (QED) is 0.525. The molecule has 134 valence electrons. The highest BCUT2D eigenvalue weighted by Crippen LogP contribution is 2.18. The number of carbonyl (C=O) groups excluding carboxylic acids is 1. The Kier molecular flexibility index (Phi) is 5.89. The van der Waals surface area contributed by atoms with Crippen molar-refractivity contribution >= 4 is 28.4 Å². The standard InChI is InChI=1S/C21H23N3OS/c1-14-19(15(2)24-21(23-14)26-3)10-11-20(25)22-13-16-8-9-17-6-4-5-7-18(17)12-16/h4-9,12H,10-11,13H2,1-3H3,(H,22,25). The highest BCUT2D eigenvalue weighted by atomic mass is 32.2. The van der Waals surface area contributed by atoms with Crippen LogP contribution in [0.15, 0.2) is 47.6 Å². The summed E-state index contributed by atoms with van der Waals surface area (Å²) in [5.74, 6) is 0.0471. The molecule has 1 heterocycles. The van der Waals surface area contributed by atoms with E-state index in [0.29, 0.717) is 19.4 Å². The number of aromatic nitrogens is 2. The molecule has 1 aromatic heterocycles. The Balaban J connectivity index is 1.57. The minimum absolute atomic E-state index is 0.0471.